The summed E-state index contributed by atoms with van der Waals surface area (Å²) in [6.07, 6.45) is 1.06. The maximum atomic E-state index is 3.71. The van der Waals surface area contributed by atoms with Gasteiger partial charge in [0.05, 0.1) is 0 Å². The lowest BCUT2D eigenvalue weighted by atomic mass is 9.98. The molecule has 0 saturated carbocycles. The van der Waals surface area contributed by atoms with Gasteiger partial charge in [0.15, 0.2) is 0 Å². The van der Waals surface area contributed by atoms with Gasteiger partial charge in [-0.05, 0) is 56.4 Å². The standard InChI is InChI=1S/C19H25N/c1-6-17-9-7-8-15(4)19(17)20-16(5)18-12-13(2)10-11-14(18)3/h7-12,16,20H,6H2,1-5H3. The summed E-state index contributed by atoms with van der Waals surface area (Å²) in [7, 11) is 0. The van der Waals surface area contributed by atoms with Crippen LogP contribution in [0.4, 0.5) is 5.69 Å². The second-order valence-corrected chi connectivity index (χ2v) is 5.69. The molecule has 1 nitrogen and oxygen atoms in total. The Morgan fingerprint density at radius 2 is 1.75 bits per heavy atom. The lowest BCUT2D eigenvalue weighted by Gasteiger charge is -2.22. The van der Waals surface area contributed by atoms with Crippen molar-refractivity contribution in [2.45, 2.75) is 47.1 Å². The van der Waals surface area contributed by atoms with Crippen LogP contribution in [0.25, 0.3) is 0 Å². The average molecular weight is 267 g/mol. The molecule has 2 aromatic rings. The van der Waals surface area contributed by atoms with Gasteiger partial charge in [-0.1, -0.05) is 48.9 Å². The molecule has 20 heavy (non-hydrogen) atoms. The number of aryl methyl sites for hydroxylation is 4. The van der Waals surface area contributed by atoms with Crippen molar-refractivity contribution in [2.75, 3.05) is 5.32 Å². The Morgan fingerprint density at radius 3 is 2.45 bits per heavy atom. The van der Waals surface area contributed by atoms with E-state index in [4.69, 9.17) is 0 Å². The Hall–Kier alpha value is -1.76. The molecule has 0 fully saturated rings. The van der Waals surface area contributed by atoms with E-state index in [0.29, 0.717) is 6.04 Å². The van der Waals surface area contributed by atoms with Crippen molar-refractivity contribution < 1.29 is 0 Å². The molecule has 2 aromatic carbocycles. The van der Waals surface area contributed by atoms with Crippen molar-refractivity contribution in [2.24, 2.45) is 0 Å². The summed E-state index contributed by atoms with van der Waals surface area (Å²) in [5.74, 6) is 0. The number of anilines is 1. The molecule has 0 spiro atoms. The van der Waals surface area contributed by atoms with Gasteiger partial charge in [-0.15, -0.1) is 0 Å². The number of nitrogens with one attached hydrogen (secondary N) is 1. The second kappa shape index (κ2) is 6.13. The van der Waals surface area contributed by atoms with Crippen molar-refractivity contribution in [3.63, 3.8) is 0 Å². The zero-order valence-electron chi connectivity index (χ0n) is 13.2. The molecule has 2 rings (SSSR count). The third-order valence-electron chi connectivity index (χ3n) is 4.00. The fourth-order valence-electron chi connectivity index (χ4n) is 2.75. The van der Waals surface area contributed by atoms with Crippen molar-refractivity contribution in [3.8, 4) is 0 Å². The highest BCUT2D eigenvalue weighted by Crippen LogP contribution is 2.28. The summed E-state index contributed by atoms with van der Waals surface area (Å²) in [6, 6.07) is 13.5. The fourth-order valence-corrected chi connectivity index (χ4v) is 2.75. The predicted molar refractivity (Wildman–Crippen MR) is 88.5 cm³/mol. The van der Waals surface area contributed by atoms with E-state index < -0.39 is 0 Å². The smallest absolute Gasteiger partial charge is 0.0488 e. The lowest BCUT2D eigenvalue weighted by molar-refractivity contribution is 0.865. The third kappa shape index (κ3) is 3.04. The number of rotatable bonds is 4. The van der Waals surface area contributed by atoms with Crippen LogP contribution in [0.5, 0.6) is 0 Å². The van der Waals surface area contributed by atoms with Crippen LogP contribution in [-0.4, -0.2) is 0 Å². The van der Waals surface area contributed by atoms with Gasteiger partial charge in [0.2, 0.25) is 0 Å². The lowest BCUT2D eigenvalue weighted by Crippen LogP contribution is -2.11. The van der Waals surface area contributed by atoms with Gasteiger partial charge in [-0.25, -0.2) is 0 Å². The molecule has 0 aliphatic rings. The van der Waals surface area contributed by atoms with Crippen LogP contribution >= 0.6 is 0 Å². The van der Waals surface area contributed by atoms with Gasteiger partial charge >= 0.3 is 0 Å². The van der Waals surface area contributed by atoms with Crippen LogP contribution in [-0.2, 0) is 6.42 Å². The molecule has 0 radical (unpaired) electrons. The molecule has 106 valence electrons. The highest BCUT2D eigenvalue weighted by atomic mass is 14.9. The monoisotopic (exact) mass is 267 g/mol. The molecule has 0 aliphatic carbocycles. The van der Waals surface area contributed by atoms with Crippen molar-refractivity contribution >= 4 is 5.69 Å². The Kier molecular flexibility index (Phi) is 4.49. The Bertz CT molecular complexity index is 599. The normalized spacial score (nSPS) is 12.2. The first kappa shape index (κ1) is 14.6. The van der Waals surface area contributed by atoms with E-state index in [9.17, 15) is 0 Å². The molecule has 1 heteroatoms. The molecule has 1 atom stereocenters. The fraction of sp³-hybridized carbons (Fsp3) is 0.368. The Balaban J connectivity index is 2.32. The molecular weight excluding hydrogens is 242 g/mol. The number of para-hydroxylation sites is 1. The molecule has 0 aliphatic heterocycles. The summed E-state index contributed by atoms with van der Waals surface area (Å²) in [4.78, 5) is 0. The molecule has 0 amide bonds. The molecule has 1 unspecified atom stereocenters. The average Bonchev–Trinajstić information content (AvgIpc) is 2.43. The van der Waals surface area contributed by atoms with Crippen molar-refractivity contribution in [1.82, 2.24) is 0 Å². The van der Waals surface area contributed by atoms with Crippen LogP contribution in [0.3, 0.4) is 0 Å². The van der Waals surface area contributed by atoms with E-state index in [1.54, 1.807) is 0 Å². The Morgan fingerprint density at radius 1 is 1.00 bits per heavy atom. The third-order valence-corrected chi connectivity index (χ3v) is 4.00. The number of hydrogen-bond acceptors (Lipinski definition) is 1. The minimum Gasteiger partial charge on any atom is -0.378 e. The summed E-state index contributed by atoms with van der Waals surface area (Å²) >= 11 is 0. The largest absolute Gasteiger partial charge is 0.378 e. The van der Waals surface area contributed by atoms with E-state index in [1.165, 1.54) is 33.5 Å². The number of benzene rings is 2. The van der Waals surface area contributed by atoms with Gasteiger partial charge in [0.25, 0.3) is 0 Å². The minimum atomic E-state index is 0.321. The van der Waals surface area contributed by atoms with Gasteiger partial charge < -0.3 is 5.32 Å². The van der Waals surface area contributed by atoms with Gasteiger partial charge in [0, 0.05) is 11.7 Å². The summed E-state index contributed by atoms with van der Waals surface area (Å²) in [5, 5.41) is 3.71. The first-order chi connectivity index (χ1) is 9.52. The highest BCUT2D eigenvalue weighted by molar-refractivity contribution is 5.58. The molecule has 0 bridgehead atoms. The predicted octanol–water partition coefficient (Wildman–Crippen LogP) is 5.35. The first-order valence-electron chi connectivity index (χ1n) is 7.45. The van der Waals surface area contributed by atoms with E-state index in [0.717, 1.165) is 6.42 Å². The van der Waals surface area contributed by atoms with Crippen molar-refractivity contribution in [3.05, 3.63) is 64.2 Å². The van der Waals surface area contributed by atoms with Crippen LogP contribution in [0.1, 0.15) is 47.7 Å². The molecule has 0 saturated heterocycles. The van der Waals surface area contributed by atoms with Gasteiger partial charge in [-0.2, -0.15) is 0 Å². The van der Waals surface area contributed by atoms with E-state index in [2.05, 4.69) is 76.3 Å². The zero-order valence-corrected chi connectivity index (χ0v) is 13.2. The zero-order chi connectivity index (χ0) is 14.7. The maximum Gasteiger partial charge on any atom is 0.0488 e. The van der Waals surface area contributed by atoms with Gasteiger partial charge in [-0.3, -0.25) is 0 Å². The quantitative estimate of drug-likeness (QED) is 0.787. The number of hydrogen-bond donors (Lipinski definition) is 1. The second-order valence-electron chi connectivity index (χ2n) is 5.69. The molecule has 0 heterocycles. The molecular formula is C19H25N. The SMILES string of the molecule is CCc1cccc(C)c1NC(C)c1cc(C)ccc1C. The van der Waals surface area contributed by atoms with Crippen LogP contribution in [0.2, 0.25) is 0 Å². The van der Waals surface area contributed by atoms with E-state index in [1.807, 2.05) is 0 Å². The topological polar surface area (TPSA) is 12.0 Å². The van der Waals surface area contributed by atoms with Gasteiger partial charge in [0.1, 0.15) is 0 Å². The molecule has 0 aromatic heterocycles. The Labute approximate surface area is 123 Å². The van der Waals surface area contributed by atoms with Crippen molar-refractivity contribution in [1.29, 1.82) is 0 Å². The first-order valence-corrected chi connectivity index (χ1v) is 7.45. The maximum absolute atomic E-state index is 3.71. The van der Waals surface area contributed by atoms with Crippen LogP contribution in [0.15, 0.2) is 36.4 Å². The van der Waals surface area contributed by atoms with Crippen LogP contribution < -0.4 is 5.32 Å². The summed E-state index contributed by atoms with van der Waals surface area (Å²) in [5.41, 5.74) is 8.06. The molecule has 1 N–H and O–H groups in total. The van der Waals surface area contributed by atoms with E-state index in [-0.39, 0.29) is 0 Å². The minimum absolute atomic E-state index is 0.321. The summed E-state index contributed by atoms with van der Waals surface area (Å²) in [6.45, 7) is 11.0. The van der Waals surface area contributed by atoms with E-state index >= 15 is 0 Å². The van der Waals surface area contributed by atoms with Crippen LogP contribution in [0, 0.1) is 20.8 Å². The highest BCUT2D eigenvalue weighted by Gasteiger charge is 2.11. The summed E-state index contributed by atoms with van der Waals surface area (Å²) < 4.78 is 0.